The molecule has 0 aromatic rings. The van der Waals surface area contributed by atoms with E-state index >= 15 is 0 Å². The van der Waals surface area contributed by atoms with Crippen molar-refractivity contribution in [2.24, 2.45) is 11.8 Å². The number of hydrogen-bond donors (Lipinski definition) is 0. The lowest BCUT2D eigenvalue weighted by Gasteiger charge is -2.41. The predicted molar refractivity (Wildman–Crippen MR) is 74.6 cm³/mol. The van der Waals surface area contributed by atoms with Gasteiger partial charge in [-0.15, -0.1) is 13.2 Å². The molecule has 2 nitrogen and oxygen atoms in total. The van der Waals surface area contributed by atoms with Crippen LogP contribution in [0, 0.1) is 11.8 Å². The third-order valence-electron chi connectivity index (χ3n) is 4.42. The van der Waals surface area contributed by atoms with Crippen LogP contribution < -0.4 is 0 Å². The molecule has 2 aliphatic carbocycles. The fourth-order valence-corrected chi connectivity index (χ4v) is 3.51. The lowest BCUT2D eigenvalue weighted by atomic mass is 9.69. The minimum Gasteiger partial charge on any atom is -0.374 e. The van der Waals surface area contributed by atoms with Crippen LogP contribution in [0.2, 0.25) is 0 Å². The fourth-order valence-electron chi connectivity index (χ4n) is 3.51. The standard InChI is InChI=1S/C16H26O2/c1-3-9-17-15-7-5-14-12-16(18-10-4-2)8-6-13(14)11-15/h3-4,13-16H,1-2,5-12H2. The molecule has 0 aliphatic heterocycles. The van der Waals surface area contributed by atoms with Crippen molar-refractivity contribution in [2.75, 3.05) is 13.2 Å². The molecule has 0 radical (unpaired) electrons. The molecule has 0 bridgehead atoms. The van der Waals surface area contributed by atoms with Crippen molar-refractivity contribution in [3.63, 3.8) is 0 Å². The Morgan fingerprint density at radius 2 is 1.22 bits per heavy atom. The predicted octanol–water partition coefficient (Wildman–Crippen LogP) is 3.73. The molecular formula is C16H26O2. The van der Waals surface area contributed by atoms with Crippen molar-refractivity contribution in [3.05, 3.63) is 25.3 Å². The van der Waals surface area contributed by atoms with Crippen molar-refractivity contribution >= 4 is 0 Å². The van der Waals surface area contributed by atoms with Gasteiger partial charge in [-0.3, -0.25) is 0 Å². The van der Waals surface area contributed by atoms with Gasteiger partial charge < -0.3 is 9.47 Å². The van der Waals surface area contributed by atoms with E-state index in [4.69, 9.17) is 9.47 Å². The molecule has 0 heterocycles. The summed E-state index contributed by atoms with van der Waals surface area (Å²) in [6.45, 7) is 8.83. The van der Waals surface area contributed by atoms with E-state index in [9.17, 15) is 0 Å². The second-order valence-corrected chi connectivity index (χ2v) is 5.63. The van der Waals surface area contributed by atoms with Gasteiger partial charge in [0.2, 0.25) is 0 Å². The van der Waals surface area contributed by atoms with Gasteiger partial charge in [0.05, 0.1) is 25.4 Å². The molecule has 0 amide bonds. The minimum atomic E-state index is 0.467. The van der Waals surface area contributed by atoms with Crippen LogP contribution in [0.15, 0.2) is 25.3 Å². The van der Waals surface area contributed by atoms with E-state index in [-0.39, 0.29) is 0 Å². The van der Waals surface area contributed by atoms with Crippen LogP contribution in [0.1, 0.15) is 38.5 Å². The Balaban J connectivity index is 1.76. The Bertz CT molecular complexity index is 246. The Morgan fingerprint density at radius 3 is 1.61 bits per heavy atom. The normalized spacial score (nSPS) is 35.8. The van der Waals surface area contributed by atoms with Gasteiger partial charge in [0.15, 0.2) is 0 Å². The molecule has 0 aromatic heterocycles. The van der Waals surface area contributed by atoms with Crippen molar-refractivity contribution < 1.29 is 9.47 Å². The largest absolute Gasteiger partial charge is 0.374 e. The summed E-state index contributed by atoms with van der Waals surface area (Å²) in [5.41, 5.74) is 0. The second-order valence-electron chi connectivity index (χ2n) is 5.63. The summed E-state index contributed by atoms with van der Waals surface area (Å²) in [5.74, 6) is 1.72. The summed E-state index contributed by atoms with van der Waals surface area (Å²) < 4.78 is 11.6. The van der Waals surface area contributed by atoms with Crippen LogP contribution in [0.5, 0.6) is 0 Å². The molecule has 0 spiro atoms. The Kier molecular flexibility index (Phi) is 5.45. The first-order valence-corrected chi connectivity index (χ1v) is 7.28. The van der Waals surface area contributed by atoms with Crippen molar-refractivity contribution in [2.45, 2.75) is 50.7 Å². The van der Waals surface area contributed by atoms with E-state index in [2.05, 4.69) is 13.2 Å². The van der Waals surface area contributed by atoms with Crippen molar-refractivity contribution in [1.29, 1.82) is 0 Å². The summed E-state index contributed by atoms with van der Waals surface area (Å²) >= 11 is 0. The zero-order valence-electron chi connectivity index (χ0n) is 11.4. The Labute approximate surface area is 111 Å². The molecule has 102 valence electrons. The monoisotopic (exact) mass is 250 g/mol. The molecule has 18 heavy (non-hydrogen) atoms. The van der Waals surface area contributed by atoms with Crippen LogP contribution in [-0.4, -0.2) is 25.4 Å². The van der Waals surface area contributed by atoms with Gasteiger partial charge in [-0.2, -0.15) is 0 Å². The Morgan fingerprint density at radius 1 is 0.778 bits per heavy atom. The average Bonchev–Trinajstić information content (AvgIpc) is 2.42. The molecule has 4 atom stereocenters. The highest BCUT2D eigenvalue weighted by atomic mass is 16.5. The Hall–Kier alpha value is -0.600. The van der Waals surface area contributed by atoms with Gasteiger partial charge in [-0.1, -0.05) is 12.2 Å². The van der Waals surface area contributed by atoms with Gasteiger partial charge in [0, 0.05) is 0 Å². The number of rotatable bonds is 6. The quantitative estimate of drug-likeness (QED) is 0.669. The number of ether oxygens (including phenoxy) is 2. The molecular weight excluding hydrogens is 224 g/mol. The van der Waals surface area contributed by atoms with Crippen LogP contribution in [0.4, 0.5) is 0 Å². The van der Waals surface area contributed by atoms with Crippen LogP contribution in [-0.2, 0) is 9.47 Å². The molecule has 2 heteroatoms. The topological polar surface area (TPSA) is 18.5 Å². The lowest BCUT2D eigenvalue weighted by Crippen LogP contribution is -2.36. The third kappa shape index (κ3) is 3.69. The van der Waals surface area contributed by atoms with E-state index < -0.39 is 0 Å². The molecule has 2 fully saturated rings. The zero-order valence-corrected chi connectivity index (χ0v) is 11.4. The first-order valence-electron chi connectivity index (χ1n) is 7.28. The van der Waals surface area contributed by atoms with Crippen molar-refractivity contribution in [3.8, 4) is 0 Å². The van der Waals surface area contributed by atoms with Crippen LogP contribution >= 0.6 is 0 Å². The summed E-state index contributed by atoms with van der Waals surface area (Å²) in [6.07, 6.45) is 12.2. The fraction of sp³-hybridized carbons (Fsp3) is 0.750. The highest BCUT2D eigenvalue weighted by Crippen LogP contribution is 2.42. The third-order valence-corrected chi connectivity index (χ3v) is 4.42. The van der Waals surface area contributed by atoms with Gasteiger partial charge in [-0.05, 0) is 50.4 Å². The molecule has 0 N–H and O–H groups in total. The molecule has 0 aromatic carbocycles. The molecule has 2 rings (SSSR count). The molecule has 4 unspecified atom stereocenters. The van der Waals surface area contributed by atoms with Crippen molar-refractivity contribution in [1.82, 2.24) is 0 Å². The summed E-state index contributed by atoms with van der Waals surface area (Å²) in [6, 6.07) is 0. The highest BCUT2D eigenvalue weighted by molar-refractivity contribution is 4.87. The van der Waals surface area contributed by atoms with E-state index in [1.807, 2.05) is 12.2 Å². The second kappa shape index (κ2) is 7.10. The minimum absolute atomic E-state index is 0.467. The first kappa shape index (κ1) is 13.8. The van der Waals surface area contributed by atoms with E-state index in [1.54, 1.807) is 0 Å². The average molecular weight is 250 g/mol. The smallest absolute Gasteiger partial charge is 0.0648 e. The van der Waals surface area contributed by atoms with Crippen LogP contribution in [0.25, 0.3) is 0 Å². The zero-order chi connectivity index (χ0) is 12.8. The first-order chi connectivity index (χ1) is 8.83. The maximum atomic E-state index is 5.81. The number of fused-ring (bicyclic) bond motifs is 1. The number of hydrogen-bond acceptors (Lipinski definition) is 2. The molecule has 2 saturated carbocycles. The lowest BCUT2D eigenvalue weighted by molar-refractivity contribution is -0.0402. The summed E-state index contributed by atoms with van der Waals surface area (Å²) in [4.78, 5) is 0. The SMILES string of the molecule is C=CCOC1CCC2CC(OCC=C)CCC2C1. The van der Waals surface area contributed by atoms with Gasteiger partial charge in [0.25, 0.3) is 0 Å². The van der Waals surface area contributed by atoms with E-state index in [1.165, 1.54) is 38.5 Å². The van der Waals surface area contributed by atoms with Crippen LogP contribution in [0.3, 0.4) is 0 Å². The molecule has 0 saturated heterocycles. The van der Waals surface area contributed by atoms with E-state index in [0.29, 0.717) is 25.4 Å². The van der Waals surface area contributed by atoms with Gasteiger partial charge in [0.1, 0.15) is 0 Å². The maximum Gasteiger partial charge on any atom is 0.0648 e. The maximum absolute atomic E-state index is 5.81. The van der Waals surface area contributed by atoms with Gasteiger partial charge >= 0.3 is 0 Å². The summed E-state index contributed by atoms with van der Waals surface area (Å²) in [5, 5.41) is 0. The van der Waals surface area contributed by atoms with E-state index in [0.717, 1.165) is 11.8 Å². The molecule has 2 aliphatic rings. The van der Waals surface area contributed by atoms with Gasteiger partial charge in [-0.25, -0.2) is 0 Å². The highest BCUT2D eigenvalue weighted by Gasteiger charge is 2.35. The summed E-state index contributed by atoms with van der Waals surface area (Å²) in [7, 11) is 0.